The van der Waals surface area contributed by atoms with Crippen molar-refractivity contribution in [3.63, 3.8) is 0 Å². The van der Waals surface area contributed by atoms with Crippen LogP contribution in [-0.4, -0.2) is 35.1 Å². The molecule has 1 aliphatic carbocycles. The van der Waals surface area contributed by atoms with Crippen molar-refractivity contribution in [2.45, 2.75) is 65.6 Å². The second-order valence-electron chi connectivity index (χ2n) is 5.77. The molecule has 19 heavy (non-hydrogen) atoms. The first-order valence-electron chi connectivity index (χ1n) is 7.45. The van der Waals surface area contributed by atoms with E-state index in [9.17, 15) is 0 Å². The predicted octanol–water partition coefficient (Wildman–Crippen LogP) is 2.22. The predicted molar refractivity (Wildman–Crippen MR) is 77.5 cm³/mol. The Morgan fingerprint density at radius 2 is 2.11 bits per heavy atom. The molecular weight excluding hydrogens is 238 g/mol. The summed E-state index contributed by atoms with van der Waals surface area (Å²) in [6.45, 7) is 11.1. The minimum absolute atomic E-state index is 0.291. The fourth-order valence-electron chi connectivity index (χ4n) is 2.38. The molecule has 0 saturated heterocycles. The lowest BCUT2D eigenvalue weighted by Crippen LogP contribution is -2.19. The second-order valence-corrected chi connectivity index (χ2v) is 5.77. The number of ether oxygens (including phenoxy) is 1. The summed E-state index contributed by atoms with van der Waals surface area (Å²) in [5, 5.41) is 8.19. The molecule has 4 heteroatoms. The highest BCUT2D eigenvalue weighted by atomic mass is 16.5. The minimum atomic E-state index is 0.291. The Hall–Kier alpha value is -0.870. The summed E-state index contributed by atoms with van der Waals surface area (Å²) in [7, 11) is 0. The lowest BCUT2D eigenvalue weighted by molar-refractivity contribution is 0.0706. The first-order valence-corrected chi connectivity index (χ1v) is 7.45. The van der Waals surface area contributed by atoms with E-state index in [1.165, 1.54) is 29.8 Å². The van der Waals surface area contributed by atoms with Gasteiger partial charge in [0.2, 0.25) is 0 Å². The van der Waals surface area contributed by atoms with E-state index in [0.717, 1.165) is 32.2 Å². The molecule has 0 bridgehead atoms. The smallest absolute Gasteiger partial charge is 0.0666 e. The summed E-state index contributed by atoms with van der Waals surface area (Å²) >= 11 is 0. The van der Waals surface area contributed by atoms with Crippen LogP contribution in [0.3, 0.4) is 0 Å². The van der Waals surface area contributed by atoms with Gasteiger partial charge in [-0.1, -0.05) is 0 Å². The number of hydrogen-bond donors (Lipinski definition) is 1. The summed E-state index contributed by atoms with van der Waals surface area (Å²) < 4.78 is 7.69. The van der Waals surface area contributed by atoms with Gasteiger partial charge in [0.25, 0.3) is 0 Å². The fraction of sp³-hybridized carbons (Fsp3) is 0.800. The van der Waals surface area contributed by atoms with Gasteiger partial charge >= 0.3 is 0 Å². The van der Waals surface area contributed by atoms with Crippen LogP contribution < -0.4 is 5.32 Å². The summed E-state index contributed by atoms with van der Waals surface area (Å²) in [6, 6.07) is 0.787. The Balaban J connectivity index is 1.85. The first-order chi connectivity index (χ1) is 9.08. The SMILES string of the molecule is Cc1nn(CCOC(C)C)c(C)c1CCNC1CC1. The lowest BCUT2D eigenvalue weighted by Gasteiger charge is -2.09. The maximum absolute atomic E-state index is 5.60. The van der Waals surface area contributed by atoms with Gasteiger partial charge in [-0.3, -0.25) is 4.68 Å². The largest absolute Gasteiger partial charge is 0.377 e. The van der Waals surface area contributed by atoms with E-state index in [1.54, 1.807) is 0 Å². The van der Waals surface area contributed by atoms with E-state index in [-0.39, 0.29) is 0 Å². The van der Waals surface area contributed by atoms with Gasteiger partial charge in [-0.05, 0) is 59.1 Å². The molecule has 0 radical (unpaired) electrons. The zero-order valence-electron chi connectivity index (χ0n) is 12.7. The average Bonchev–Trinajstić information content (AvgIpc) is 3.11. The molecule has 1 N–H and O–H groups in total. The quantitative estimate of drug-likeness (QED) is 0.783. The Kier molecular flexibility index (Phi) is 4.99. The van der Waals surface area contributed by atoms with Gasteiger partial charge in [0.05, 0.1) is 24.9 Å². The van der Waals surface area contributed by atoms with E-state index < -0.39 is 0 Å². The number of aryl methyl sites for hydroxylation is 1. The maximum atomic E-state index is 5.60. The van der Waals surface area contributed by atoms with Gasteiger partial charge in [0.15, 0.2) is 0 Å². The van der Waals surface area contributed by atoms with Crippen molar-refractivity contribution in [2.75, 3.05) is 13.2 Å². The van der Waals surface area contributed by atoms with Crippen LogP contribution in [0, 0.1) is 13.8 Å². The number of nitrogens with one attached hydrogen (secondary N) is 1. The van der Waals surface area contributed by atoms with E-state index in [1.807, 2.05) is 0 Å². The normalized spacial score (nSPS) is 15.4. The molecule has 0 unspecified atom stereocenters. The van der Waals surface area contributed by atoms with Crippen LogP contribution in [0.4, 0.5) is 0 Å². The molecule has 1 aromatic heterocycles. The van der Waals surface area contributed by atoms with E-state index in [2.05, 4.69) is 42.8 Å². The van der Waals surface area contributed by atoms with Crippen molar-refractivity contribution in [1.29, 1.82) is 0 Å². The van der Waals surface area contributed by atoms with E-state index >= 15 is 0 Å². The molecule has 0 amide bonds. The van der Waals surface area contributed by atoms with Crippen LogP contribution in [0.5, 0.6) is 0 Å². The van der Waals surface area contributed by atoms with Crippen LogP contribution in [0.15, 0.2) is 0 Å². The van der Waals surface area contributed by atoms with Crippen molar-refractivity contribution in [3.05, 3.63) is 17.0 Å². The lowest BCUT2D eigenvalue weighted by atomic mass is 10.1. The van der Waals surface area contributed by atoms with Gasteiger partial charge in [-0.25, -0.2) is 0 Å². The van der Waals surface area contributed by atoms with Crippen molar-refractivity contribution >= 4 is 0 Å². The van der Waals surface area contributed by atoms with Crippen molar-refractivity contribution in [3.8, 4) is 0 Å². The Morgan fingerprint density at radius 3 is 2.74 bits per heavy atom. The van der Waals surface area contributed by atoms with E-state index in [0.29, 0.717) is 6.10 Å². The molecule has 1 aromatic rings. The fourth-order valence-corrected chi connectivity index (χ4v) is 2.38. The molecule has 1 heterocycles. The molecule has 0 aromatic carbocycles. The van der Waals surface area contributed by atoms with Crippen LogP contribution >= 0.6 is 0 Å². The number of hydrogen-bond acceptors (Lipinski definition) is 3. The molecule has 1 fully saturated rings. The standard InChI is InChI=1S/C15H27N3O/c1-11(2)19-10-9-18-13(4)15(12(3)17-18)7-8-16-14-5-6-14/h11,14,16H,5-10H2,1-4H3. The van der Waals surface area contributed by atoms with Crippen LogP contribution in [-0.2, 0) is 17.7 Å². The monoisotopic (exact) mass is 265 g/mol. The van der Waals surface area contributed by atoms with Crippen LogP contribution in [0.2, 0.25) is 0 Å². The zero-order valence-corrected chi connectivity index (χ0v) is 12.7. The summed E-state index contributed by atoms with van der Waals surface area (Å²) in [4.78, 5) is 0. The molecule has 1 saturated carbocycles. The van der Waals surface area contributed by atoms with Gasteiger partial charge < -0.3 is 10.1 Å². The summed E-state index contributed by atoms with van der Waals surface area (Å²) in [6.07, 6.45) is 4.08. The molecule has 0 atom stereocenters. The molecular formula is C15H27N3O. The average molecular weight is 265 g/mol. The number of rotatable bonds is 8. The molecule has 108 valence electrons. The van der Waals surface area contributed by atoms with Crippen molar-refractivity contribution < 1.29 is 4.74 Å². The molecule has 2 rings (SSSR count). The third-order valence-corrected chi connectivity index (χ3v) is 3.67. The third kappa shape index (κ3) is 4.32. The van der Waals surface area contributed by atoms with Crippen molar-refractivity contribution in [1.82, 2.24) is 15.1 Å². The van der Waals surface area contributed by atoms with Gasteiger partial charge in [-0.15, -0.1) is 0 Å². The third-order valence-electron chi connectivity index (χ3n) is 3.67. The highest BCUT2D eigenvalue weighted by Crippen LogP contribution is 2.19. The van der Waals surface area contributed by atoms with Crippen molar-refractivity contribution in [2.24, 2.45) is 0 Å². The van der Waals surface area contributed by atoms with E-state index in [4.69, 9.17) is 4.74 Å². The molecule has 0 spiro atoms. The highest BCUT2D eigenvalue weighted by Gasteiger charge is 2.20. The number of aromatic nitrogens is 2. The zero-order chi connectivity index (χ0) is 13.8. The highest BCUT2D eigenvalue weighted by molar-refractivity contribution is 5.24. The van der Waals surface area contributed by atoms with Gasteiger partial charge in [-0.2, -0.15) is 5.10 Å². The Morgan fingerprint density at radius 1 is 1.37 bits per heavy atom. The van der Waals surface area contributed by atoms with Crippen LogP contribution in [0.25, 0.3) is 0 Å². The van der Waals surface area contributed by atoms with Gasteiger partial charge in [0.1, 0.15) is 0 Å². The number of nitrogens with zero attached hydrogens (tertiary/aromatic N) is 2. The van der Waals surface area contributed by atoms with Gasteiger partial charge in [0, 0.05) is 11.7 Å². The molecule has 1 aliphatic rings. The minimum Gasteiger partial charge on any atom is -0.377 e. The molecule has 0 aliphatic heterocycles. The van der Waals surface area contributed by atoms with Crippen LogP contribution in [0.1, 0.15) is 43.6 Å². The summed E-state index contributed by atoms with van der Waals surface area (Å²) in [5.41, 5.74) is 3.86. The first kappa shape index (κ1) is 14.5. The Bertz CT molecular complexity index is 408. The maximum Gasteiger partial charge on any atom is 0.0666 e. The topological polar surface area (TPSA) is 39.1 Å². The second kappa shape index (κ2) is 6.53. The summed E-state index contributed by atoms with van der Waals surface area (Å²) in [5.74, 6) is 0. The Labute approximate surface area is 116 Å². The molecule has 4 nitrogen and oxygen atoms in total.